The van der Waals surface area contributed by atoms with Crippen LogP contribution in [-0.2, 0) is 22.6 Å². The van der Waals surface area contributed by atoms with Crippen molar-refractivity contribution in [1.29, 1.82) is 0 Å². The Labute approximate surface area is 183 Å². The van der Waals surface area contributed by atoms with Crippen LogP contribution in [0.15, 0.2) is 48.5 Å². The Morgan fingerprint density at radius 3 is 2.38 bits per heavy atom. The second kappa shape index (κ2) is 11.2. The van der Waals surface area contributed by atoms with Gasteiger partial charge in [-0.2, -0.15) is 0 Å². The molecule has 0 bridgehead atoms. The van der Waals surface area contributed by atoms with E-state index < -0.39 is 6.04 Å². The van der Waals surface area contributed by atoms with E-state index >= 15 is 0 Å². The van der Waals surface area contributed by atoms with Crippen LogP contribution in [0.4, 0.5) is 0 Å². The van der Waals surface area contributed by atoms with Gasteiger partial charge in [-0.25, -0.2) is 0 Å². The van der Waals surface area contributed by atoms with Crippen molar-refractivity contribution in [2.24, 2.45) is 0 Å². The van der Waals surface area contributed by atoms with E-state index in [1.165, 1.54) is 0 Å². The van der Waals surface area contributed by atoms with Crippen LogP contribution >= 0.6 is 23.2 Å². The lowest BCUT2D eigenvalue weighted by molar-refractivity contribution is -0.141. The predicted molar refractivity (Wildman–Crippen MR) is 119 cm³/mol. The molecule has 0 aliphatic carbocycles. The highest BCUT2D eigenvalue weighted by Crippen LogP contribution is 2.21. The number of amides is 2. The van der Waals surface area contributed by atoms with E-state index in [0.29, 0.717) is 16.5 Å². The summed E-state index contributed by atoms with van der Waals surface area (Å²) in [5, 5.41) is 4.15. The first-order chi connectivity index (χ1) is 13.8. The highest BCUT2D eigenvalue weighted by atomic mass is 35.5. The number of rotatable bonds is 9. The summed E-state index contributed by atoms with van der Waals surface area (Å²) >= 11 is 12.4. The zero-order chi connectivity index (χ0) is 21.4. The summed E-state index contributed by atoms with van der Waals surface area (Å²) in [4.78, 5) is 27.8. The number of hydrogen-bond acceptors (Lipinski definition) is 2. The van der Waals surface area contributed by atoms with Gasteiger partial charge in [0.15, 0.2) is 0 Å². The van der Waals surface area contributed by atoms with E-state index in [2.05, 4.69) is 5.32 Å². The number of nitrogens with one attached hydrogen (secondary N) is 1. The molecule has 0 aliphatic heterocycles. The molecular weight excluding hydrogens is 407 g/mol. The van der Waals surface area contributed by atoms with Crippen molar-refractivity contribution in [3.63, 3.8) is 0 Å². The van der Waals surface area contributed by atoms with E-state index in [1.807, 2.05) is 51.1 Å². The molecule has 0 heterocycles. The van der Waals surface area contributed by atoms with Crippen molar-refractivity contribution in [3.05, 3.63) is 69.7 Å². The summed E-state index contributed by atoms with van der Waals surface area (Å²) in [5.41, 5.74) is 1.62. The number of hydrogen-bond donors (Lipinski definition) is 1. The van der Waals surface area contributed by atoms with E-state index in [9.17, 15) is 9.59 Å². The maximum Gasteiger partial charge on any atom is 0.243 e. The highest BCUT2D eigenvalue weighted by Gasteiger charge is 2.29. The lowest BCUT2D eigenvalue weighted by Gasteiger charge is -2.32. The Hall–Kier alpha value is -2.04. The summed E-state index contributed by atoms with van der Waals surface area (Å²) < 4.78 is 0. The Morgan fingerprint density at radius 2 is 1.76 bits per heavy atom. The largest absolute Gasteiger partial charge is 0.352 e. The van der Waals surface area contributed by atoms with Crippen LogP contribution in [0.3, 0.4) is 0 Å². The number of carbonyl (C=O) groups excluding carboxylic acids is 2. The SMILES string of the molecule is CC[C@@H](C)NC(=O)[C@@H](CC)N(Cc1ccccc1Cl)C(=O)Cc1cccc(Cl)c1. The third-order valence-electron chi connectivity index (χ3n) is 4.93. The van der Waals surface area contributed by atoms with Crippen LogP contribution in [-0.4, -0.2) is 28.8 Å². The molecule has 0 aromatic heterocycles. The molecule has 2 aromatic rings. The Kier molecular flexibility index (Phi) is 8.99. The highest BCUT2D eigenvalue weighted by molar-refractivity contribution is 6.31. The van der Waals surface area contributed by atoms with Crippen molar-refractivity contribution in [3.8, 4) is 0 Å². The van der Waals surface area contributed by atoms with Crippen molar-refractivity contribution in [2.45, 2.75) is 58.7 Å². The summed E-state index contributed by atoms with van der Waals surface area (Å²) in [7, 11) is 0. The molecule has 0 aliphatic rings. The fourth-order valence-corrected chi connectivity index (χ4v) is 3.50. The lowest BCUT2D eigenvalue weighted by Crippen LogP contribution is -2.51. The van der Waals surface area contributed by atoms with E-state index in [0.717, 1.165) is 17.5 Å². The molecule has 2 amide bonds. The number of nitrogens with zero attached hydrogens (tertiary/aromatic N) is 1. The van der Waals surface area contributed by atoms with E-state index in [1.54, 1.807) is 23.1 Å². The van der Waals surface area contributed by atoms with Gasteiger partial charge in [-0.05, 0) is 49.1 Å². The monoisotopic (exact) mass is 434 g/mol. The quantitative estimate of drug-likeness (QED) is 0.584. The molecule has 2 rings (SSSR count). The standard InChI is InChI=1S/C23H28Cl2N2O2/c1-4-16(3)26-23(29)21(5-2)27(15-18-10-6-7-12-20(18)25)22(28)14-17-9-8-11-19(24)13-17/h6-13,16,21H,4-5,14-15H2,1-3H3,(H,26,29)/t16-,21-/m1/s1. The van der Waals surface area contributed by atoms with Crippen molar-refractivity contribution >= 4 is 35.0 Å². The second-order valence-electron chi connectivity index (χ2n) is 7.16. The van der Waals surface area contributed by atoms with Gasteiger partial charge >= 0.3 is 0 Å². The number of benzene rings is 2. The first-order valence-corrected chi connectivity index (χ1v) is 10.7. The van der Waals surface area contributed by atoms with Gasteiger partial charge in [0.1, 0.15) is 6.04 Å². The Morgan fingerprint density at radius 1 is 1.03 bits per heavy atom. The molecule has 0 saturated carbocycles. The molecule has 29 heavy (non-hydrogen) atoms. The van der Waals surface area contributed by atoms with Crippen LogP contribution in [0, 0.1) is 0 Å². The average Bonchev–Trinajstić information content (AvgIpc) is 2.69. The third-order valence-corrected chi connectivity index (χ3v) is 5.53. The van der Waals surface area contributed by atoms with Gasteiger partial charge in [0.05, 0.1) is 6.42 Å². The maximum atomic E-state index is 13.3. The Bertz CT molecular complexity index is 841. The van der Waals surface area contributed by atoms with E-state index in [4.69, 9.17) is 23.2 Å². The van der Waals surface area contributed by atoms with Gasteiger partial charge < -0.3 is 10.2 Å². The zero-order valence-corrected chi connectivity index (χ0v) is 18.6. The minimum Gasteiger partial charge on any atom is -0.352 e. The average molecular weight is 435 g/mol. The predicted octanol–water partition coefficient (Wildman–Crippen LogP) is 5.26. The van der Waals surface area contributed by atoms with Gasteiger partial charge in [-0.3, -0.25) is 9.59 Å². The summed E-state index contributed by atoms with van der Waals surface area (Å²) in [5.74, 6) is -0.285. The Balaban J connectivity index is 2.31. The van der Waals surface area contributed by atoms with Gasteiger partial charge in [0.2, 0.25) is 11.8 Å². The van der Waals surface area contributed by atoms with E-state index in [-0.39, 0.29) is 30.8 Å². The first-order valence-electron chi connectivity index (χ1n) is 9.93. The summed E-state index contributed by atoms with van der Waals surface area (Å²) in [6.45, 7) is 6.15. The molecular formula is C23H28Cl2N2O2. The summed E-state index contributed by atoms with van der Waals surface area (Å²) in [6, 6.07) is 14.1. The van der Waals surface area contributed by atoms with Crippen molar-refractivity contribution < 1.29 is 9.59 Å². The minimum atomic E-state index is -0.577. The maximum absolute atomic E-state index is 13.3. The van der Waals surface area contributed by atoms with Crippen LogP contribution in [0.1, 0.15) is 44.7 Å². The fourth-order valence-electron chi connectivity index (χ4n) is 3.09. The molecule has 2 atom stereocenters. The second-order valence-corrected chi connectivity index (χ2v) is 8.01. The van der Waals surface area contributed by atoms with Crippen molar-refractivity contribution in [2.75, 3.05) is 0 Å². The molecule has 4 nitrogen and oxygen atoms in total. The van der Waals surface area contributed by atoms with Crippen LogP contribution < -0.4 is 5.32 Å². The van der Waals surface area contributed by atoms with Crippen LogP contribution in [0.2, 0.25) is 10.0 Å². The normalized spacial score (nSPS) is 12.9. The first kappa shape index (κ1) is 23.2. The molecule has 0 saturated heterocycles. The van der Waals surface area contributed by atoms with Crippen LogP contribution in [0.5, 0.6) is 0 Å². The minimum absolute atomic E-state index is 0.0433. The molecule has 0 unspecified atom stereocenters. The lowest BCUT2D eigenvalue weighted by atomic mass is 10.1. The van der Waals surface area contributed by atoms with Gasteiger partial charge in [0, 0.05) is 22.6 Å². The van der Waals surface area contributed by atoms with Crippen molar-refractivity contribution in [1.82, 2.24) is 10.2 Å². The smallest absolute Gasteiger partial charge is 0.243 e. The molecule has 0 fully saturated rings. The third kappa shape index (κ3) is 6.76. The molecule has 0 radical (unpaired) electrons. The number of carbonyl (C=O) groups is 2. The molecule has 0 spiro atoms. The molecule has 1 N–H and O–H groups in total. The molecule has 6 heteroatoms. The zero-order valence-electron chi connectivity index (χ0n) is 17.1. The summed E-state index contributed by atoms with van der Waals surface area (Å²) in [6.07, 6.45) is 1.50. The topological polar surface area (TPSA) is 49.4 Å². The van der Waals surface area contributed by atoms with Gasteiger partial charge in [-0.1, -0.05) is 67.4 Å². The fraction of sp³-hybridized carbons (Fsp3) is 0.391. The van der Waals surface area contributed by atoms with Crippen LogP contribution in [0.25, 0.3) is 0 Å². The van der Waals surface area contributed by atoms with Gasteiger partial charge in [0.25, 0.3) is 0 Å². The number of halogens is 2. The van der Waals surface area contributed by atoms with Gasteiger partial charge in [-0.15, -0.1) is 0 Å². The molecule has 156 valence electrons. The molecule has 2 aromatic carbocycles.